The molecule has 4 heteroatoms. The van der Waals surface area contributed by atoms with E-state index in [-0.39, 0.29) is 41.7 Å². The maximum absolute atomic E-state index is 14.4. The Morgan fingerprint density at radius 2 is 1.56 bits per heavy atom. The van der Waals surface area contributed by atoms with Gasteiger partial charge in [-0.3, -0.25) is 14.4 Å². The Labute approximate surface area is 271 Å². The summed E-state index contributed by atoms with van der Waals surface area (Å²) in [5, 5.41) is 0. The van der Waals surface area contributed by atoms with Gasteiger partial charge in [0.25, 0.3) is 0 Å². The lowest BCUT2D eigenvalue weighted by molar-refractivity contribution is -0.135. The minimum absolute atomic E-state index is 0.0226. The van der Waals surface area contributed by atoms with Crippen molar-refractivity contribution in [3.05, 3.63) is 106 Å². The fourth-order valence-corrected chi connectivity index (χ4v) is 7.33. The molecule has 0 bridgehead atoms. The van der Waals surface area contributed by atoms with E-state index in [2.05, 4.69) is 58.0 Å². The van der Waals surface area contributed by atoms with E-state index in [1.807, 2.05) is 71.0 Å². The van der Waals surface area contributed by atoms with Crippen molar-refractivity contribution in [2.45, 2.75) is 99.0 Å². The Hall–Kier alpha value is -3.37. The molecule has 4 unspecified atom stereocenters. The van der Waals surface area contributed by atoms with Crippen molar-refractivity contribution < 1.29 is 19.1 Å². The molecule has 4 atom stereocenters. The lowest BCUT2D eigenvalue weighted by atomic mass is 9.71. The van der Waals surface area contributed by atoms with Crippen molar-refractivity contribution in [3.8, 4) is 0 Å². The Morgan fingerprint density at radius 3 is 2.22 bits per heavy atom. The molecule has 3 aromatic carbocycles. The molecular weight excluding hydrogens is 556 g/mol. The first-order chi connectivity index (χ1) is 21.1. The molecule has 1 saturated heterocycles. The summed E-state index contributed by atoms with van der Waals surface area (Å²) in [7, 11) is 0. The molecule has 0 spiro atoms. The van der Waals surface area contributed by atoms with Crippen LogP contribution < -0.4 is 0 Å². The fourth-order valence-electron chi connectivity index (χ4n) is 7.33. The molecule has 1 aliphatic rings. The van der Waals surface area contributed by atoms with Gasteiger partial charge in [0.15, 0.2) is 5.78 Å². The number of carbonyl (C=O) groups excluding carboxylic acids is 3. The maximum atomic E-state index is 14.4. The van der Waals surface area contributed by atoms with Crippen molar-refractivity contribution in [3.63, 3.8) is 0 Å². The Bertz CT molecular complexity index is 1520. The molecule has 4 nitrogen and oxygen atoms in total. The van der Waals surface area contributed by atoms with E-state index in [4.69, 9.17) is 4.74 Å². The van der Waals surface area contributed by atoms with Gasteiger partial charge in [-0.25, -0.2) is 0 Å². The average Bonchev–Trinajstić information content (AvgIpc) is 3.31. The monoisotopic (exact) mass is 608 g/mol. The first-order valence-corrected chi connectivity index (χ1v) is 16.5. The summed E-state index contributed by atoms with van der Waals surface area (Å²) in [6.07, 6.45) is 1.88. The average molecular weight is 609 g/mol. The molecule has 0 radical (unpaired) electrons. The van der Waals surface area contributed by atoms with E-state index in [0.717, 1.165) is 22.3 Å². The minimum Gasteiger partial charge on any atom is -0.374 e. The Kier molecular flexibility index (Phi) is 10.7. The molecule has 0 aliphatic carbocycles. The topological polar surface area (TPSA) is 60.4 Å². The molecule has 0 amide bonds. The molecule has 1 heterocycles. The van der Waals surface area contributed by atoms with E-state index in [0.29, 0.717) is 19.3 Å². The third kappa shape index (κ3) is 7.90. The number of Topliss-reactive ketones (excluding diaryl/α,β-unsaturated/α-hetero) is 3. The normalized spacial score (nSPS) is 19.2. The number of ether oxygens (including phenoxy) is 1. The molecular formula is C41H52O4. The van der Waals surface area contributed by atoms with Crippen LogP contribution in [-0.2, 0) is 32.6 Å². The molecule has 4 rings (SSSR count). The quantitative estimate of drug-likeness (QED) is 0.193. The molecule has 1 fully saturated rings. The van der Waals surface area contributed by atoms with Crippen molar-refractivity contribution in [2.75, 3.05) is 6.61 Å². The molecule has 3 aromatic rings. The third-order valence-electron chi connectivity index (χ3n) is 10.2. The van der Waals surface area contributed by atoms with Gasteiger partial charge >= 0.3 is 0 Å². The minimum atomic E-state index is -0.733. The van der Waals surface area contributed by atoms with Gasteiger partial charge in [-0.2, -0.15) is 0 Å². The lowest BCUT2D eigenvalue weighted by Gasteiger charge is -2.30. The summed E-state index contributed by atoms with van der Waals surface area (Å²) in [6, 6.07) is 22.2. The highest BCUT2D eigenvalue weighted by Gasteiger charge is 2.51. The van der Waals surface area contributed by atoms with Crippen molar-refractivity contribution in [1.82, 2.24) is 0 Å². The second-order valence-electron chi connectivity index (χ2n) is 14.8. The molecule has 0 saturated carbocycles. The number of benzene rings is 3. The zero-order valence-corrected chi connectivity index (χ0v) is 28.8. The molecule has 45 heavy (non-hydrogen) atoms. The van der Waals surface area contributed by atoms with E-state index in [1.165, 1.54) is 16.7 Å². The zero-order chi connectivity index (χ0) is 33.1. The van der Waals surface area contributed by atoms with Crippen molar-refractivity contribution in [1.29, 1.82) is 0 Å². The zero-order valence-electron chi connectivity index (χ0n) is 28.8. The van der Waals surface area contributed by atoms with Gasteiger partial charge < -0.3 is 4.74 Å². The summed E-state index contributed by atoms with van der Waals surface area (Å²) in [5.74, 6) is -1.50. The highest BCUT2D eigenvalue weighted by molar-refractivity contribution is 5.98. The number of hydrogen-bond acceptors (Lipinski definition) is 4. The predicted octanol–water partition coefficient (Wildman–Crippen LogP) is 8.79. The van der Waals surface area contributed by atoms with E-state index < -0.39 is 23.4 Å². The third-order valence-corrected chi connectivity index (χ3v) is 10.2. The van der Waals surface area contributed by atoms with Gasteiger partial charge in [0.05, 0.1) is 24.0 Å². The van der Waals surface area contributed by atoms with Crippen LogP contribution in [0.15, 0.2) is 66.7 Å². The summed E-state index contributed by atoms with van der Waals surface area (Å²) in [6.45, 7) is 18.8. The van der Waals surface area contributed by atoms with Gasteiger partial charge in [-0.05, 0) is 92.2 Å². The van der Waals surface area contributed by atoms with Crippen LogP contribution in [0.4, 0.5) is 0 Å². The van der Waals surface area contributed by atoms with Crippen LogP contribution in [0.2, 0.25) is 0 Å². The number of carbonyl (C=O) groups is 3. The van der Waals surface area contributed by atoms with Gasteiger partial charge in [0.1, 0.15) is 11.6 Å². The molecule has 240 valence electrons. The Balaban J connectivity index is 1.56. The van der Waals surface area contributed by atoms with Crippen molar-refractivity contribution >= 4 is 17.3 Å². The predicted molar refractivity (Wildman–Crippen MR) is 183 cm³/mol. The highest BCUT2D eigenvalue weighted by Crippen LogP contribution is 2.41. The van der Waals surface area contributed by atoms with Gasteiger partial charge in [-0.15, -0.1) is 0 Å². The van der Waals surface area contributed by atoms with E-state index >= 15 is 0 Å². The summed E-state index contributed by atoms with van der Waals surface area (Å²) < 4.78 is 6.17. The fraction of sp³-hybridized carbons (Fsp3) is 0.488. The van der Waals surface area contributed by atoms with Crippen molar-refractivity contribution in [2.24, 2.45) is 23.7 Å². The number of aryl methyl sites for hydroxylation is 2. The number of ketones is 3. The van der Waals surface area contributed by atoms with Crippen LogP contribution in [0.3, 0.4) is 0 Å². The van der Waals surface area contributed by atoms with Crippen LogP contribution in [0.1, 0.15) is 98.1 Å². The summed E-state index contributed by atoms with van der Waals surface area (Å²) in [4.78, 5) is 42.0. The van der Waals surface area contributed by atoms with Crippen LogP contribution in [0.5, 0.6) is 0 Å². The summed E-state index contributed by atoms with van der Waals surface area (Å²) in [5.41, 5.74) is 6.87. The molecule has 0 aromatic heterocycles. The molecule has 1 aliphatic heterocycles. The summed E-state index contributed by atoms with van der Waals surface area (Å²) >= 11 is 0. The maximum Gasteiger partial charge on any atom is 0.163 e. The van der Waals surface area contributed by atoms with Crippen LogP contribution in [0.25, 0.3) is 0 Å². The van der Waals surface area contributed by atoms with Gasteiger partial charge in [-0.1, -0.05) is 94.4 Å². The SMILES string of the molecule is Cc1cccc(C(=O)CC(Cc2ccccc2)C(C)C(=O)C2COC(C)(C)C2C(=O)CCc2cccc(C(C)(C)C)c2C)c1C. The number of rotatable bonds is 12. The highest BCUT2D eigenvalue weighted by atomic mass is 16.5. The largest absolute Gasteiger partial charge is 0.374 e. The first kappa shape index (κ1) is 34.5. The van der Waals surface area contributed by atoms with Crippen LogP contribution in [-0.4, -0.2) is 29.6 Å². The Morgan fingerprint density at radius 1 is 0.889 bits per heavy atom. The number of hydrogen-bond donors (Lipinski definition) is 0. The lowest BCUT2D eigenvalue weighted by Crippen LogP contribution is -2.41. The van der Waals surface area contributed by atoms with Crippen LogP contribution >= 0.6 is 0 Å². The van der Waals surface area contributed by atoms with Gasteiger partial charge in [0.2, 0.25) is 0 Å². The standard InChI is InChI=1S/C41H52O4/c1-26-15-13-19-33(27(26)2)37(43)24-32(23-30-16-11-10-12-17-30)29(4)39(44)34-25-45-41(8,9)38(34)36(42)22-21-31-18-14-20-35(28(31)3)40(5,6)7/h10-20,29,32,34,38H,21-25H2,1-9H3. The second kappa shape index (κ2) is 14.0. The van der Waals surface area contributed by atoms with E-state index in [1.54, 1.807) is 0 Å². The smallest absolute Gasteiger partial charge is 0.163 e. The van der Waals surface area contributed by atoms with E-state index in [9.17, 15) is 14.4 Å². The second-order valence-corrected chi connectivity index (χ2v) is 14.8. The first-order valence-electron chi connectivity index (χ1n) is 16.5. The van der Waals surface area contributed by atoms with Gasteiger partial charge in [0, 0.05) is 24.3 Å². The van der Waals surface area contributed by atoms with Crippen LogP contribution in [0, 0.1) is 44.4 Å². The molecule has 0 N–H and O–H groups in total.